The number of aryl methyl sites for hydroxylation is 2. The van der Waals surface area contributed by atoms with E-state index in [-0.39, 0.29) is 5.82 Å². The molecular weight excluding hydrogens is 339 g/mol. The summed E-state index contributed by atoms with van der Waals surface area (Å²) in [6.45, 7) is 4.00. The zero-order chi connectivity index (χ0) is 18.8. The van der Waals surface area contributed by atoms with E-state index >= 15 is 0 Å². The molecule has 0 aliphatic heterocycles. The van der Waals surface area contributed by atoms with Crippen molar-refractivity contribution in [1.29, 1.82) is 0 Å². The first-order valence-corrected chi connectivity index (χ1v) is 8.71. The highest BCUT2D eigenvalue weighted by Gasteiger charge is 2.11. The number of benzene rings is 2. The highest BCUT2D eigenvalue weighted by Crippen LogP contribution is 2.26. The largest absolute Gasteiger partial charge is 0.340 e. The van der Waals surface area contributed by atoms with Crippen molar-refractivity contribution in [3.05, 3.63) is 90.0 Å². The van der Waals surface area contributed by atoms with E-state index in [2.05, 4.69) is 34.5 Å². The Kier molecular flexibility index (Phi) is 4.42. The Morgan fingerprint density at radius 2 is 1.63 bits per heavy atom. The van der Waals surface area contributed by atoms with Gasteiger partial charge in [-0.25, -0.2) is 14.1 Å². The van der Waals surface area contributed by atoms with Crippen molar-refractivity contribution < 1.29 is 4.39 Å². The molecule has 0 saturated heterocycles. The average Bonchev–Trinajstić information content (AvgIpc) is 3.06. The van der Waals surface area contributed by atoms with Gasteiger partial charge in [-0.15, -0.1) is 0 Å². The van der Waals surface area contributed by atoms with Gasteiger partial charge in [-0.05, 0) is 68.4 Å². The molecule has 0 saturated carbocycles. The van der Waals surface area contributed by atoms with Gasteiger partial charge in [-0.2, -0.15) is 5.10 Å². The molecule has 2 aromatic heterocycles. The first-order chi connectivity index (χ1) is 13.1. The molecule has 5 heteroatoms. The first-order valence-electron chi connectivity index (χ1n) is 8.71. The van der Waals surface area contributed by atoms with Gasteiger partial charge in [0.25, 0.3) is 0 Å². The third-order valence-corrected chi connectivity index (χ3v) is 4.28. The summed E-state index contributed by atoms with van der Waals surface area (Å²) in [5.41, 5.74) is 5.79. The van der Waals surface area contributed by atoms with E-state index in [9.17, 15) is 4.39 Å². The minimum Gasteiger partial charge on any atom is -0.340 e. The number of nitrogens with one attached hydrogen (secondary N) is 1. The molecule has 4 nitrogen and oxygen atoms in total. The molecule has 2 aromatic carbocycles. The fourth-order valence-corrected chi connectivity index (χ4v) is 2.93. The quantitative estimate of drug-likeness (QED) is 0.529. The number of nitrogens with zero attached hydrogens (tertiary/aromatic N) is 3. The van der Waals surface area contributed by atoms with Gasteiger partial charge in [0.1, 0.15) is 11.6 Å². The van der Waals surface area contributed by atoms with E-state index in [4.69, 9.17) is 0 Å². The number of hydrogen-bond donors (Lipinski definition) is 1. The Bertz CT molecular complexity index is 1070. The molecule has 0 fully saturated rings. The molecule has 0 radical (unpaired) electrons. The Morgan fingerprint density at radius 3 is 2.37 bits per heavy atom. The normalized spacial score (nSPS) is 10.8. The number of aromatic nitrogens is 3. The molecular formula is C22H19FN4. The molecule has 134 valence electrons. The zero-order valence-corrected chi connectivity index (χ0v) is 15.1. The van der Waals surface area contributed by atoms with E-state index in [1.807, 2.05) is 41.9 Å². The van der Waals surface area contributed by atoms with E-state index < -0.39 is 0 Å². The van der Waals surface area contributed by atoms with E-state index in [0.29, 0.717) is 0 Å². The van der Waals surface area contributed by atoms with E-state index in [0.717, 1.165) is 34.1 Å². The summed E-state index contributed by atoms with van der Waals surface area (Å²) in [5, 5.41) is 7.89. The third-order valence-electron chi connectivity index (χ3n) is 4.28. The predicted octanol–water partition coefficient (Wildman–Crippen LogP) is 5.43. The molecule has 0 unspecified atom stereocenters. The van der Waals surface area contributed by atoms with Crippen LogP contribution in [0.1, 0.15) is 11.3 Å². The van der Waals surface area contributed by atoms with Crippen molar-refractivity contribution in [1.82, 2.24) is 14.8 Å². The summed E-state index contributed by atoms with van der Waals surface area (Å²) >= 11 is 0. The van der Waals surface area contributed by atoms with Crippen LogP contribution in [-0.4, -0.2) is 14.8 Å². The van der Waals surface area contributed by atoms with Crippen molar-refractivity contribution in [2.45, 2.75) is 13.8 Å². The molecule has 0 bridgehead atoms. The summed E-state index contributed by atoms with van der Waals surface area (Å²) in [6.07, 6.45) is 1.77. The van der Waals surface area contributed by atoms with Gasteiger partial charge in [0, 0.05) is 17.4 Å². The minimum atomic E-state index is -0.266. The Hall–Kier alpha value is -3.47. The van der Waals surface area contributed by atoms with Gasteiger partial charge < -0.3 is 5.32 Å². The Labute approximate surface area is 157 Å². The van der Waals surface area contributed by atoms with Gasteiger partial charge in [0.05, 0.1) is 17.1 Å². The standard InChI is InChI=1S/C22H19FN4/c1-15-3-7-19(8-4-15)25-22-14-17(11-12-24-22)21-13-16(2)26-27(21)20-9-5-18(23)6-10-20/h3-14H,1-2H3,(H,24,25). The molecule has 0 spiro atoms. The lowest BCUT2D eigenvalue weighted by atomic mass is 10.1. The van der Waals surface area contributed by atoms with Crippen molar-refractivity contribution in [2.75, 3.05) is 5.32 Å². The van der Waals surface area contributed by atoms with Crippen LogP contribution >= 0.6 is 0 Å². The van der Waals surface area contributed by atoms with Crippen molar-refractivity contribution in [2.24, 2.45) is 0 Å². The van der Waals surface area contributed by atoms with Gasteiger partial charge in [-0.1, -0.05) is 17.7 Å². The van der Waals surface area contributed by atoms with Crippen LogP contribution in [0.4, 0.5) is 15.9 Å². The lowest BCUT2D eigenvalue weighted by molar-refractivity contribution is 0.627. The second-order valence-electron chi connectivity index (χ2n) is 6.48. The van der Waals surface area contributed by atoms with Crippen LogP contribution in [-0.2, 0) is 0 Å². The van der Waals surface area contributed by atoms with E-state index in [1.165, 1.54) is 17.7 Å². The third kappa shape index (κ3) is 3.72. The fourth-order valence-electron chi connectivity index (χ4n) is 2.93. The molecule has 0 atom stereocenters. The minimum absolute atomic E-state index is 0.266. The highest BCUT2D eigenvalue weighted by molar-refractivity contribution is 5.68. The number of anilines is 2. The summed E-state index contributed by atoms with van der Waals surface area (Å²) in [6, 6.07) is 20.4. The van der Waals surface area contributed by atoms with Crippen LogP contribution in [0, 0.1) is 19.7 Å². The molecule has 2 heterocycles. The van der Waals surface area contributed by atoms with Gasteiger partial charge >= 0.3 is 0 Å². The first kappa shape index (κ1) is 17.0. The molecule has 27 heavy (non-hydrogen) atoms. The molecule has 4 aromatic rings. The second-order valence-corrected chi connectivity index (χ2v) is 6.48. The summed E-state index contributed by atoms with van der Waals surface area (Å²) in [4.78, 5) is 4.41. The fraction of sp³-hybridized carbons (Fsp3) is 0.0909. The maximum absolute atomic E-state index is 13.3. The van der Waals surface area contributed by atoms with Crippen LogP contribution < -0.4 is 5.32 Å². The van der Waals surface area contributed by atoms with Gasteiger partial charge in [-0.3, -0.25) is 0 Å². The van der Waals surface area contributed by atoms with Crippen LogP contribution in [0.3, 0.4) is 0 Å². The molecule has 1 N–H and O–H groups in total. The lowest BCUT2D eigenvalue weighted by Gasteiger charge is -2.10. The number of rotatable bonds is 4. The monoisotopic (exact) mass is 358 g/mol. The SMILES string of the molecule is Cc1ccc(Nc2cc(-c3cc(C)nn3-c3ccc(F)cc3)ccn2)cc1. The molecule has 0 amide bonds. The van der Waals surface area contributed by atoms with Crippen molar-refractivity contribution in [3.8, 4) is 16.9 Å². The predicted molar refractivity (Wildman–Crippen MR) is 106 cm³/mol. The maximum atomic E-state index is 13.3. The summed E-state index contributed by atoms with van der Waals surface area (Å²) in [7, 11) is 0. The molecule has 0 aliphatic carbocycles. The second kappa shape index (κ2) is 7.03. The van der Waals surface area contributed by atoms with Gasteiger partial charge in [0.2, 0.25) is 0 Å². The molecule has 4 rings (SSSR count). The summed E-state index contributed by atoms with van der Waals surface area (Å²) < 4.78 is 15.1. The molecule has 0 aliphatic rings. The summed E-state index contributed by atoms with van der Waals surface area (Å²) in [5.74, 6) is 0.485. The van der Waals surface area contributed by atoms with Crippen LogP contribution in [0.2, 0.25) is 0 Å². The number of pyridine rings is 1. The van der Waals surface area contributed by atoms with Crippen molar-refractivity contribution in [3.63, 3.8) is 0 Å². The van der Waals surface area contributed by atoms with Gasteiger partial charge in [0.15, 0.2) is 0 Å². The maximum Gasteiger partial charge on any atom is 0.130 e. The smallest absolute Gasteiger partial charge is 0.130 e. The lowest BCUT2D eigenvalue weighted by Crippen LogP contribution is -2.00. The topological polar surface area (TPSA) is 42.7 Å². The van der Waals surface area contributed by atoms with E-state index in [1.54, 1.807) is 18.3 Å². The highest BCUT2D eigenvalue weighted by atomic mass is 19.1. The van der Waals surface area contributed by atoms with Crippen molar-refractivity contribution >= 4 is 11.5 Å². The number of hydrogen-bond acceptors (Lipinski definition) is 3. The van der Waals surface area contributed by atoms with Crippen LogP contribution in [0.5, 0.6) is 0 Å². The van der Waals surface area contributed by atoms with Crippen LogP contribution in [0.25, 0.3) is 16.9 Å². The van der Waals surface area contributed by atoms with Crippen LogP contribution in [0.15, 0.2) is 72.9 Å². The average molecular weight is 358 g/mol. The Morgan fingerprint density at radius 1 is 0.889 bits per heavy atom. The zero-order valence-electron chi connectivity index (χ0n) is 15.1. The number of halogens is 1. The Balaban J connectivity index is 1.70.